The summed E-state index contributed by atoms with van der Waals surface area (Å²) < 4.78 is 4.75. The Balaban J connectivity index is 2.66. The first-order valence-corrected chi connectivity index (χ1v) is 6.97. The van der Waals surface area contributed by atoms with Crippen LogP contribution in [-0.4, -0.2) is 13.1 Å². The molecule has 2 heteroatoms. The van der Waals surface area contributed by atoms with Crippen LogP contribution in [0.5, 0.6) is 0 Å². The van der Waals surface area contributed by atoms with Gasteiger partial charge >= 0.3 is 5.97 Å². The SMILES string of the molecule is COC(=O)CCC1[C@@H](C)[C@@H](C)C(C)[C@H](C)[C@@H]1C. The summed E-state index contributed by atoms with van der Waals surface area (Å²) in [6.07, 6.45) is 1.56. The lowest BCUT2D eigenvalue weighted by Crippen LogP contribution is -2.41. The van der Waals surface area contributed by atoms with Crippen molar-refractivity contribution in [3.8, 4) is 0 Å². The van der Waals surface area contributed by atoms with E-state index in [4.69, 9.17) is 4.74 Å². The van der Waals surface area contributed by atoms with Gasteiger partial charge in [-0.1, -0.05) is 34.6 Å². The Morgan fingerprint density at radius 2 is 1.29 bits per heavy atom. The zero-order valence-electron chi connectivity index (χ0n) is 12.2. The lowest BCUT2D eigenvalue weighted by molar-refractivity contribution is -0.141. The normalized spacial score (nSPS) is 42.2. The summed E-state index contributed by atoms with van der Waals surface area (Å²) >= 11 is 0. The summed E-state index contributed by atoms with van der Waals surface area (Å²) in [4.78, 5) is 11.3. The van der Waals surface area contributed by atoms with Gasteiger partial charge < -0.3 is 4.74 Å². The zero-order chi connectivity index (χ0) is 13.2. The maximum atomic E-state index is 11.3. The Hall–Kier alpha value is -0.530. The fourth-order valence-electron chi connectivity index (χ4n) is 3.61. The van der Waals surface area contributed by atoms with Crippen LogP contribution < -0.4 is 0 Å². The Morgan fingerprint density at radius 3 is 1.71 bits per heavy atom. The van der Waals surface area contributed by atoms with Gasteiger partial charge in [0.25, 0.3) is 0 Å². The standard InChI is InChI=1S/C15H28O2/c1-9-10(2)12(4)14(13(5)11(9)3)7-8-15(16)17-6/h9-14H,7-8H2,1-6H3/t9?,10-,11-,12-,13-,14?/m0/s1. The number of carbonyl (C=O) groups is 1. The van der Waals surface area contributed by atoms with Gasteiger partial charge in [-0.25, -0.2) is 0 Å². The second-order valence-corrected chi connectivity index (χ2v) is 6.07. The van der Waals surface area contributed by atoms with E-state index >= 15 is 0 Å². The minimum atomic E-state index is -0.0664. The molecule has 4 atom stereocenters. The fraction of sp³-hybridized carbons (Fsp3) is 0.933. The molecule has 0 N–H and O–H groups in total. The zero-order valence-corrected chi connectivity index (χ0v) is 12.2. The number of ether oxygens (including phenoxy) is 1. The average Bonchev–Trinajstić information content (AvgIpc) is 2.33. The molecule has 1 aliphatic carbocycles. The number of esters is 1. The smallest absolute Gasteiger partial charge is 0.305 e. The lowest BCUT2D eigenvalue weighted by atomic mass is 9.58. The summed E-state index contributed by atoms with van der Waals surface area (Å²) in [5, 5.41) is 0. The number of carbonyl (C=O) groups excluding carboxylic acids is 1. The van der Waals surface area contributed by atoms with E-state index < -0.39 is 0 Å². The third-order valence-electron chi connectivity index (χ3n) is 5.58. The summed E-state index contributed by atoms with van der Waals surface area (Å²) in [6.45, 7) is 11.8. The van der Waals surface area contributed by atoms with Gasteiger partial charge in [-0.15, -0.1) is 0 Å². The van der Waals surface area contributed by atoms with Crippen molar-refractivity contribution in [2.75, 3.05) is 7.11 Å². The van der Waals surface area contributed by atoms with Crippen LogP contribution in [0.3, 0.4) is 0 Å². The Morgan fingerprint density at radius 1 is 0.882 bits per heavy atom. The highest BCUT2D eigenvalue weighted by molar-refractivity contribution is 5.69. The number of hydrogen-bond donors (Lipinski definition) is 0. The quantitative estimate of drug-likeness (QED) is 0.702. The fourth-order valence-corrected chi connectivity index (χ4v) is 3.61. The summed E-state index contributed by atoms with van der Waals surface area (Å²) in [5.74, 6) is 4.31. The molecule has 0 spiro atoms. The molecular weight excluding hydrogens is 212 g/mol. The van der Waals surface area contributed by atoms with E-state index in [1.165, 1.54) is 7.11 Å². The second-order valence-electron chi connectivity index (χ2n) is 6.07. The number of hydrogen-bond acceptors (Lipinski definition) is 2. The van der Waals surface area contributed by atoms with Crippen molar-refractivity contribution < 1.29 is 9.53 Å². The minimum absolute atomic E-state index is 0.0664. The lowest BCUT2D eigenvalue weighted by Gasteiger charge is -2.47. The molecule has 1 aliphatic rings. The average molecular weight is 240 g/mol. The van der Waals surface area contributed by atoms with Gasteiger partial charge in [-0.2, -0.15) is 0 Å². The molecule has 0 aromatic heterocycles. The van der Waals surface area contributed by atoms with Crippen molar-refractivity contribution in [2.45, 2.75) is 47.5 Å². The van der Waals surface area contributed by atoms with Crippen molar-refractivity contribution in [2.24, 2.45) is 35.5 Å². The molecule has 0 radical (unpaired) electrons. The molecule has 0 aromatic rings. The molecule has 0 saturated heterocycles. The molecule has 0 heterocycles. The molecule has 0 bridgehead atoms. The van der Waals surface area contributed by atoms with E-state index in [1.807, 2.05) is 0 Å². The molecule has 0 unspecified atom stereocenters. The Bertz CT molecular complexity index is 246. The maximum absolute atomic E-state index is 11.3. The molecule has 0 amide bonds. The summed E-state index contributed by atoms with van der Waals surface area (Å²) in [5.41, 5.74) is 0. The van der Waals surface area contributed by atoms with Crippen LogP contribution in [0.25, 0.3) is 0 Å². The van der Waals surface area contributed by atoms with Crippen LogP contribution in [0.2, 0.25) is 0 Å². The molecule has 0 aromatic carbocycles. The predicted octanol–water partition coefficient (Wildman–Crippen LogP) is 3.75. The molecular formula is C15H28O2. The van der Waals surface area contributed by atoms with Gasteiger partial charge in [-0.3, -0.25) is 4.79 Å². The number of methoxy groups -OCH3 is 1. The van der Waals surface area contributed by atoms with E-state index in [-0.39, 0.29) is 5.97 Å². The summed E-state index contributed by atoms with van der Waals surface area (Å²) in [7, 11) is 1.48. The van der Waals surface area contributed by atoms with Crippen LogP contribution in [0, 0.1) is 35.5 Å². The van der Waals surface area contributed by atoms with Gasteiger partial charge in [0.15, 0.2) is 0 Å². The summed E-state index contributed by atoms with van der Waals surface area (Å²) in [6, 6.07) is 0. The van der Waals surface area contributed by atoms with Crippen molar-refractivity contribution in [3.05, 3.63) is 0 Å². The minimum Gasteiger partial charge on any atom is -0.469 e. The predicted molar refractivity (Wildman–Crippen MR) is 70.6 cm³/mol. The molecule has 2 nitrogen and oxygen atoms in total. The molecule has 100 valence electrons. The third kappa shape index (κ3) is 3.02. The van der Waals surface area contributed by atoms with Crippen LogP contribution in [0.4, 0.5) is 0 Å². The maximum Gasteiger partial charge on any atom is 0.305 e. The third-order valence-corrected chi connectivity index (χ3v) is 5.58. The molecule has 1 rings (SSSR count). The second kappa shape index (κ2) is 5.88. The van der Waals surface area contributed by atoms with E-state index in [9.17, 15) is 4.79 Å². The van der Waals surface area contributed by atoms with Crippen LogP contribution >= 0.6 is 0 Å². The topological polar surface area (TPSA) is 26.3 Å². The molecule has 1 fully saturated rings. The van der Waals surface area contributed by atoms with Crippen LogP contribution in [0.1, 0.15) is 47.5 Å². The van der Waals surface area contributed by atoms with E-state index in [2.05, 4.69) is 34.6 Å². The van der Waals surface area contributed by atoms with Gasteiger partial charge in [0.2, 0.25) is 0 Å². The van der Waals surface area contributed by atoms with Crippen LogP contribution in [0.15, 0.2) is 0 Å². The monoisotopic (exact) mass is 240 g/mol. The molecule has 0 aliphatic heterocycles. The van der Waals surface area contributed by atoms with E-state index in [0.717, 1.165) is 24.2 Å². The first-order chi connectivity index (χ1) is 7.90. The Labute approximate surface area is 106 Å². The van der Waals surface area contributed by atoms with Gasteiger partial charge in [0.05, 0.1) is 7.11 Å². The van der Waals surface area contributed by atoms with Crippen molar-refractivity contribution in [1.82, 2.24) is 0 Å². The van der Waals surface area contributed by atoms with Crippen molar-refractivity contribution in [1.29, 1.82) is 0 Å². The highest BCUT2D eigenvalue weighted by atomic mass is 16.5. The van der Waals surface area contributed by atoms with Gasteiger partial charge in [0, 0.05) is 6.42 Å². The Kier molecular flexibility index (Phi) is 5.03. The number of rotatable bonds is 3. The van der Waals surface area contributed by atoms with Gasteiger partial charge in [-0.05, 0) is 41.9 Å². The van der Waals surface area contributed by atoms with E-state index in [1.54, 1.807) is 0 Å². The highest BCUT2D eigenvalue weighted by Gasteiger charge is 2.40. The van der Waals surface area contributed by atoms with E-state index in [0.29, 0.717) is 24.2 Å². The highest BCUT2D eigenvalue weighted by Crippen LogP contribution is 2.46. The first kappa shape index (κ1) is 14.5. The van der Waals surface area contributed by atoms with Crippen LogP contribution in [-0.2, 0) is 9.53 Å². The van der Waals surface area contributed by atoms with Gasteiger partial charge in [0.1, 0.15) is 0 Å². The first-order valence-electron chi connectivity index (χ1n) is 6.97. The molecule has 1 saturated carbocycles. The van der Waals surface area contributed by atoms with Crippen molar-refractivity contribution in [3.63, 3.8) is 0 Å². The van der Waals surface area contributed by atoms with Crippen molar-refractivity contribution >= 4 is 5.97 Å². The largest absolute Gasteiger partial charge is 0.469 e. The molecule has 17 heavy (non-hydrogen) atoms.